The predicted octanol–water partition coefficient (Wildman–Crippen LogP) is 1.70. The normalized spacial score (nSPS) is 20.7. The van der Waals surface area contributed by atoms with Crippen LogP contribution in [0.4, 0.5) is 5.82 Å². The van der Waals surface area contributed by atoms with Gasteiger partial charge in [0.05, 0.1) is 5.39 Å². The van der Waals surface area contributed by atoms with E-state index in [1.54, 1.807) is 32.4 Å². The van der Waals surface area contributed by atoms with E-state index in [4.69, 9.17) is 0 Å². The number of amides is 1. The number of nitrogens with one attached hydrogen (secondary N) is 2. The molecule has 0 saturated carbocycles. The summed E-state index contributed by atoms with van der Waals surface area (Å²) in [6.07, 6.45) is 8.40. The summed E-state index contributed by atoms with van der Waals surface area (Å²) >= 11 is 0. The maximum absolute atomic E-state index is 12.4. The average Bonchev–Trinajstić information content (AvgIpc) is 2.71. The third kappa shape index (κ3) is 4.00. The highest BCUT2D eigenvalue weighted by molar-refractivity contribution is 5.96. The molecule has 1 aliphatic rings. The van der Waals surface area contributed by atoms with E-state index in [-0.39, 0.29) is 29.0 Å². The van der Waals surface area contributed by atoms with Crippen molar-refractivity contribution < 1.29 is 4.79 Å². The smallest absolute Gasteiger partial charge is 0.276 e. The van der Waals surface area contributed by atoms with Gasteiger partial charge in [0.1, 0.15) is 5.52 Å². The van der Waals surface area contributed by atoms with Crippen molar-refractivity contribution in [1.29, 1.82) is 0 Å². The fourth-order valence-electron chi connectivity index (χ4n) is 4.46. The summed E-state index contributed by atoms with van der Waals surface area (Å²) in [7, 11) is 7.37. The molecule has 0 aliphatic heterocycles. The van der Waals surface area contributed by atoms with E-state index in [9.17, 15) is 9.59 Å². The second-order valence-electron chi connectivity index (χ2n) is 8.30. The van der Waals surface area contributed by atoms with Gasteiger partial charge in [0.2, 0.25) is 0 Å². The minimum absolute atomic E-state index is 0.0141. The Morgan fingerprint density at radius 1 is 1.37 bits per heavy atom. The monoisotopic (exact) mass is 410 g/mol. The lowest BCUT2D eigenvalue weighted by molar-refractivity contribution is -0.116. The molecule has 8 heteroatoms. The first kappa shape index (κ1) is 21.7. The van der Waals surface area contributed by atoms with Crippen LogP contribution in [0.2, 0.25) is 0 Å². The number of fused-ring (bicyclic) bond motifs is 1. The minimum Gasteiger partial charge on any atom is -0.363 e. The van der Waals surface area contributed by atoms with Crippen LogP contribution in [0.1, 0.15) is 20.3 Å². The number of allylic oxidation sites excluding steroid dienone is 1. The number of aryl methyl sites for hydroxylation is 1. The van der Waals surface area contributed by atoms with Crippen molar-refractivity contribution in [3.8, 4) is 0 Å². The van der Waals surface area contributed by atoms with Crippen molar-refractivity contribution in [2.45, 2.75) is 32.4 Å². The van der Waals surface area contributed by atoms with Crippen molar-refractivity contribution in [3.63, 3.8) is 0 Å². The van der Waals surface area contributed by atoms with Gasteiger partial charge in [-0.15, -0.1) is 0 Å². The number of rotatable bonds is 6. The Kier molecular flexibility index (Phi) is 6.07. The molecule has 2 N–H and O–H groups in total. The van der Waals surface area contributed by atoms with Gasteiger partial charge in [0.15, 0.2) is 5.82 Å². The zero-order chi connectivity index (χ0) is 22.1. The number of anilines is 1. The van der Waals surface area contributed by atoms with Crippen LogP contribution in [0.15, 0.2) is 46.9 Å². The number of hydrogen-bond acceptors (Lipinski definition) is 6. The minimum atomic E-state index is -0.197. The summed E-state index contributed by atoms with van der Waals surface area (Å²) in [5, 5.41) is 11.1. The number of likely N-dealkylation sites (N-methyl/N-ethyl adjacent to an activating group) is 2. The summed E-state index contributed by atoms with van der Waals surface area (Å²) in [5.41, 5.74) is 0.880. The lowest BCUT2D eigenvalue weighted by Gasteiger charge is -2.44. The number of carbonyl (C=O) groups excluding carboxylic acids is 1. The molecule has 2 aromatic heterocycles. The molecular weight excluding hydrogens is 380 g/mol. The van der Waals surface area contributed by atoms with E-state index in [0.717, 1.165) is 6.42 Å². The zero-order valence-electron chi connectivity index (χ0n) is 18.4. The Labute approximate surface area is 176 Å². The summed E-state index contributed by atoms with van der Waals surface area (Å²) in [6.45, 7) is 4.29. The van der Waals surface area contributed by atoms with Gasteiger partial charge in [-0.25, -0.2) is 4.68 Å². The van der Waals surface area contributed by atoms with E-state index in [1.807, 2.05) is 26.2 Å². The molecule has 3 rings (SSSR count). The van der Waals surface area contributed by atoms with Gasteiger partial charge in [0, 0.05) is 43.4 Å². The highest BCUT2D eigenvalue weighted by Gasteiger charge is 2.38. The fraction of sp³-hybridized carbons (Fsp3) is 0.455. The maximum atomic E-state index is 12.4. The van der Waals surface area contributed by atoms with Gasteiger partial charge in [-0.3, -0.25) is 14.6 Å². The van der Waals surface area contributed by atoms with E-state index in [2.05, 4.69) is 45.5 Å². The van der Waals surface area contributed by atoms with Crippen LogP contribution < -0.4 is 16.2 Å². The highest BCUT2D eigenvalue weighted by atomic mass is 16.1. The molecule has 160 valence electrons. The molecule has 0 aromatic carbocycles. The zero-order valence-corrected chi connectivity index (χ0v) is 18.4. The van der Waals surface area contributed by atoms with Crippen LogP contribution in [0, 0.1) is 5.41 Å². The second kappa shape index (κ2) is 8.39. The molecule has 30 heavy (non-hydrogen) atoms. The molecule has 0 spiro atoms. The number of pyridine rings is 1. The van der Waals surface area contributed by atoms with Crippen LogP contribution in [0.25, 0.3) is 10.9 Å². The largest absolute Gasteiger partial charge is 0.363 e. The van der Waals surface area contributed by atoms with Gasteiger partial charge >= 0.3 is 0 Å². The van der Waals surface area contributed by atoms with Gasteiger partial charge < -0.3 is 15.5 Å². The first-order valence-electron chi connectivity index (χ1n) is 10.0. The number of nitrogens with zero attached hydrogens (tertiary/aromatic N) is 4. The molecule has 1 amide bonds. The van der Waals surface area contributed by atoms with Crippen molar-refractivity contribution in [2.75, 3.05) is 26.5 Å². The highest BCUT2D eigenvalue weighted by Crippen LogP contribution is 2.37. The van der Waals surface area contributed by atoms with E-state index < -0.39 is 0 Å². The molecule has 8 nitrogen and oxygen atoms in total. The van der Waals surface area contributed by atoms with Crippen LogP contribution in [0.3, 0.4) is 0 Å². The van der Waals surface area contributed by atoms with Crippen LogP contribution in [0.5, 0.6) is 0 Å². The van der Waals surface area contributed by atoms with Crippen molar-refractivity contribution in [1.82, 2.24) is 25.0 Å². The molecular formula is C22H30N6O2. The van der Waals surface area contributed by atoms with Crippen molar-refractivity contribution in [2.24, 2.45) is 12.5 Å². The Bertz CT molecular complexity index is 1070. The van der Waals surface area contributed by atoms with Crippen LogP contribution in [-0.4, -0.2) is 58.8 Å². The molecule has 0 saturated heterocycles. The van der Waals surface area contributed by atoms with E-state index >= 15 is 0 Å². The van der Waals surface area contributed by atoms with E-state index in [1.165, 1.54) is 4.68 Å². The SMILES string of the molecule is CNC(=O)C1=CC[C@@](C)([C@@H]([C@H](C)Nc2nn(C)c(=O)c3cccnc23)N(C)C)C=C1. The lowest BCUT2D eigenvalue weighted by Crippen LogP contribution is -2.52. The topological polar surface area (TPSA) is 92.2 Å². The van der Waals surface area contributed by atoms with Gasteiger partial charge in [0.25, 0.3) is 11.5 Å². The van der Waals surface area contributed by atoms with Crippen LogP contribution in [-0.2, 0) is 11.8 Å². The molecule has 0 unspecified atom stereocenters. The molecule has 2 heterocycles. The molecule has 0 fully saturated rings. The standard InChI is InChI=1S/C22H30N6O2/c1-14(25-19-17-16(8-7-13-24-17)21(30)28(6)26-19)18(27(4)5)22(2)11-9-15(10-12-22)20(29)23-3/h7-11,13-14,18H,12H2,1-6H3,(H,23,29)(H,25,26)/t14-,18+,22-/m0/s1. The molecule has 3 atom stereocenters. The van der Waals surface area contributed by atoms with Gasteiger partial charge in [-0.05, 0) is 39.6 Å². The van der Waals surface area contributed by atoms with Gasteiger partial charge in [-0.1, -0.05) is 25.2 Å². The average molecular weight is 411 g/mol. The predicted molar refractivity (Wildman–Crippen MR) is 119 cm³/mol. The molecule has 2 aromatic rings. The summed E-state index contributed by atoms with van der Waals surface area (Å²) in [4.78, 5) is 30.9. The molecule has 0 bridgehead atoms. The first-order chi connectivity index (χ1) is 14.2. The number of aromatic nitrogens is 3. The number of hydrogen-bond donors (Lipinski definition) is 2. The van der Waals surface area contributed by atoms with Crippen LogP contribution >= 0.6 is 0 Å². The second-order valence-corrected chi connectivity index (χ2v) is 8.30. The van der Waals surface area contributed by atoms with E-state index in [0.29, 0.717) is 22.3 Å². The molecule has 1 aliphatic carbocycles. The Hall–Kier alpha value is -3.00. The Morgan fingerprint density at radius 3 is 2.70 bits per heavy atom. The fourth-order valence-corrected chi connectivity index (χ4v) is 4.46. The summed E-state index contributed by atoms with van der Waals surface area (Å²) < 4.78 is 1.34. The summed E-state index contributed by atoms with van der Waals surface area (Å²) in [5.74, 6) is 0.504. The van der Waals surface area contributed by atoms with Crippen molar-refractivity contribution in [3.05, 3.63) is 52.5 Å². The first-order valence-corrected chi connectivity index (χ1v) is 10.0. The maximum Gasteiger partial charge on any atom is 0.276 e. The number of carbonyl (C=O) groups is 1. The lowest BCUT2D eigenvalue weighted by atomic mass is 9.72. The summed E-state index contributed by atoms with van der Waals surface area (Å²) in [6, 6.07) is 3.60. The quantitative estimate of drug-likeness (QED) is 0.753. The van der Waals surface area contributed by atoms with Crippen molar-refractivity contribution >= 4 is 22.6 Å². The Balaban J connectivity index is 1.92. The Morgan fingerprint density at radius 2 is 2.10 bits per heavy atom. The third-order valence-corrected chi connectivity index (χ3v) is 5.77. The van der Waals surface area contributed by atoms with Gasteiger partial charge in [-0.2, -0.15) is 5.10 Å². The molecule has 0 radical (unpaired) electrons. The third-order valence-electron chi connectivity index (χ3n) is 5.77.